The molecule has 116 valence electrons. The van der Waals surface area contributed by atoms with E-state index in [1.807, 2.05) is 11.8 Å². The quantitative estimate of drug-likeness (QED) is 0.781. The van der Waals surface area contributed by atoms with E-state index >= 15 is 0 Å². The van der Waals surface area contributed by atoms with Gasteiger partial charge in [0, 0.05) is 17.7 Å². The Bertz CT molecular complexity index is 848. The van der Waals surface area contributed by atoms with E-state index in [2.05, 4.69) is 59.7 Å². The van der Waals surface area contributed by atoms with E-state index in [1.54, 1.807) is 0 Å². The van der Waals surface area contributed by atoms with Gasteiger partial charge in [-0.15, -0.1) is 0 Å². The summed E-state index contributed by atoms with van der Waals surface area (Å²) < 4.78 is 0. The van der Waals surface area contributed by atoms with Gasteiger partial charge in [-0.1, -0.05) is 60.6 Å². The van der Waals surface area contributed by atoms with Crippen molar-refractivity contribution in [3.63, 3.8) is 0 Å². The van der Waals surface area contributed by atoms with Gasteiger partial charge in [-0.3, -0.25) is 4.99 Å². The van der Waals surface area contributed by atoms with Gasteiger partial charge < -0.3 is 4.90 Å². The zero-order valence-electron chi connectivity index (χ0n) is 13.3. The fourth-order valence-corrected chi connectivity index (χ4v) is 5.30. The molecule has 2 aliphatic heterocycles. The van der Waals surface area contributed by atoms with Crippen LogP contribution in [0, 0.1) is 0 Å². The van der Waals surface area contributed by atoms with Crippen molar-refractivity contribution in [3.8, 4) is 0 Å². The molecule has 1 saturated carbocycles. The number of nitrogens with zero attached hydrogens (tertiary/aromatic N) is 2. The lowest BCUT2D eigenvalue weighted by atomic mass is 9.62. The van der Waals surface area contributed by atoms with E-state index < -0.39 is 0 Å². The lowest BCUT2D eigenvalue weighted by Crippen LogP contribution is -2.42. The Morgan fingerprint density at radius 1 is 1.13 bits per heavy atom. The zero-order valence-corrected chi connectivity index (χ0v) is 14.1. The van der Waals surface area contributed by atoms with E-state index in [1.165, 1.54) is 46.5 Å². The summed E-state index contributed by atoms with van der Waals surface area (Å²) >= 11 is 1.81. The first-order valence-electron chi connectivity index (χ1n) is 8.48. The van der Waals surface area contributed by atoms with Crippen molar-refractivity contribution in [2.45, 2.75) is 37.6 Å². The van der Waals surface area contributed by atoms with Crippen molar-refractivity contribution >= 4 is 27.7 Å². The van der Waals surface area contributed by atoms with Crippen molar-refractivity contribution in [1.29, 1.82) is 0 Å². The maximum atomic E-state index is 4.77. The lowest BCUT2D eigenvalue weighted by molar-refractivity contribution is 0.250. The van der Waals surface area contributed by atoms with Crippen molar-refractivity contribution in [2.24, 2.45) is 4.99 Å². The lowest BCUT2D eigenvalue weighted by Gasteiger charge is -2.46. The van der Waals surface area contributed by atoms with Gasteiger partial charge in [0.15, 0.2) is 5.17 Å². The summed E-state index contributed by atoms with van der Waals surface area (Å²) in [5.74, 6) is 0. The van der Waals surface area contributed by atoms with Crippen LogP contribution in [0.25, 0.3) is 10.8 Å². The number of thioether (sulfide) groups is 1. The molecule has 0 radical (unpaired) electrons. The van der Waals surface area contributed by atoms with Gasteiger partial charge in [0.1, 0.15) is 0 Å². The number of benzene rings is 2. The number of hydrogen-bond acceptors (Lipinski definition) is 3. The van der Waals surface area contributed by atoms with Crippen LogP contribution in [-0.4, -0.2) is 22.7 Å². The number of rotatable bonds is 2. The van der Waals surface area contributed by atoms with Gasteiger partial charge in [-0.2, -0.15) is 0 Å². The molecule has 0 bridgehead atoms. The molecule has 1 unspecified atom stereocenters. The third-order valence-corrected chi connectivity index (χ3v) is 6.45. The molecule has 2 aromatic rings. The maximum absolute atomic E-state index is 4.77. The molecule has 0 saturated heterocycles. The summed E-state index contributed by atoms with van der Waals surface area (Å²) in [6.07, 6.45) is 3.84. The van der Waals surface area contributed by atoms with Gasteiger partial charge in [-0.05, 0) is 41.5 Å². The average molecular weight is 320 g/mol. The molecule has 1 atom stereocenters. The molecule has 3 aliphatic rings. The number of fused-ring (bicyclic) bond motifs is 2. The van der Waals surface area contributed by atoms with Crippen LogP contribution in [0.1, 0.15) is 31.7 Å². The molecule has 5 rings (SSSR count). The predicted octanol–water partition coefficient (Wildman–Crippen LogP) is 4.91. The fraction of sp³-hybridized carbons (Fsp3) is 0.350. The molecular weight excluding hydrogens is 300 g/mol. The van der Waals surface area contributed by atoms with E-state index in [-0.39, 0.29) is 5.41 Å². The van der Waals surface area contributed by atoms with Crippen LogP contribution in [0.2, 0.25) is 0 Å². The van der Waals surface area contributed by atoms with E-state index in [9.17, 15) is 0 Å². The molecule has 1 aliphatic carbocycles. The molecule has 0 aromatic heterocycles. The minimum Gasteiger partial charge on any atom is -0.321 e. The highest BCUT2D eigenvalue weighted by Crippen LogP contribution is 2.54. The van der Waals surface area contributed by atoms with Crippen molar-refractivity contribution in [2.75, 3.05) is 6.54 Å². The van der Waals surface area contributed by atoms with E-state index in [0.717, 1.165) is 6.54 Å². The van der Waals surface area contributed by atoms with Crippen LogP contribution in [0.3, 0.4) is 0 Å². The summed E-state index contributed by atoms with van der Waals surface area (Å²) in [6.45, 7) is 3.26. The Kier molecular flexibility index (Phi) is 2.90. The smallest absolute Gasteiger partial charge is 0.168 e. The molecule has 0 amide bonds. The number of hydrogen-bond donors (Lipinski definition) is 0. The topological polar surface area (TPSA) is 15.6 Å². The molecule has 0 N–H and O–H groups in total. The van der Waals surface area contributed by atoms with Crippen LogP contribution >= 0.6 is 11.8 Å². The van der Waals surface area contributed by atoms with Crippen molar-refractivity contribution < 1.29 is 0 Å². The minimum atomic E-state index is 0.207. The highest BCUT2D eigenvalue weighted by Gasteiger charge is 2.48. The van der Waals surface area contributed by atoms with Crippen LogP contribution in [-0.2, 0) is 5.41 Å². The largest absolute Gasteiger partial charge is 0.321 e. The Morgan fingerprint density at radius 2 is 1.96 bits per heavy atom. The molecule has 0 spiro atoms. The van der Waals surface area contributed by atoms with Gasteiger partial charge in [0.05, 0.1) is 6.04 Å². The fourth-order valence-electron chi connectivity index (χ4n) is 4.19. The number of aliphatic imine (C=N–C) groups is 1. The normalized spacial score (nSPS) is 25.1. The Morgan fingerprint density at radius 3 is 2.74 bits per heavy atom. The molecule has 23 heavy (non-hydrogen) atoms. The molecule has 2 aromatic carbocycles. The predicted molar refractivity (Wildman–Crippen MR) is 98.8 cm³/mol. The van der Waals surface area contributed by atoms with Gasteiger partial charge in [0.25, 0.3) is 0 Å². The molecule has 1 fully saturated rings. The first-order chi connectivity index (χ1) is 11.3. The maximum Gasteiger partial charge on any atom is 0.168 e. The SMILES string of the molecule is CC1CN2C(C3(c4ccc5ccccc5c4)CCC3)=CSC2=N1. The molecule has 2 nitrogen and oxygen atoms in total. The average Bonchev–Trinajstić information content (AvgIpc) is 3.06. The van der Waals surface area contributed by atoms with Crippen molar-refractivity contribution in [1.82, 2.24) is 4.90 Å². The zero-order chi connectivity index (χ0) is 15.4. The second-order valence-corrected chi connectivity index (χ2v) is 7.83. The molecule has 3 heteroatoms. The monoisotopic (exact) mass is 320 g/mol. The highest BCUT2D eigenvalue weighted by molar-refractivity contribution is 8.16. The van der Waals surface area contributed by atoms with E-state index in [0.29, 0.717) is 6.04 Å². The van der Waals surface area contributed by atoms with Crippen LogP contribution in [0.5, 0.6) is 0 Å². The molecule has 2 heterocycles. The van der Waals surface area contributed by atoms with Crippen LogP contribution in [0.15, 0.2) is 58.6 Å². The first kappa shape index (κ1) is 13.7. The highest BCUT2D eigenvalue weighted by atomic mass is 32.2. The third kappa shape index (κ3) is 1.92. The summed E-state index contributed by atoms with van der Waals surface area (Å²) in [5, 5.41) is 6.25. The van der Waals surface area contributed by atoms with E-state index in [4.69, 9.17) is 4.99 Å². The van der Waals surface area contributed by atoms with Gasteiger partial charge in [-0.25, -0.2) is 0 Å². The van der Waals surface area contributed by atoms with Gasteiger partial charge >= 0.3 is 0 Å². The first-order valence-corrected chi connectivity index (χ1v) is 9.36. The summed E-state index contributed by atoms with van der Waals surface area (Å²) in [6, 6.07) is 16.2. The standard InChI is InChI=1S/C20H20N2S/c1-14-12-22-18(13-23-19(22)21-14)20(9-4-10-20)17-8-7-15-5-2-3-6-16(15)11-17/h2-3,5-8,11,13-14H,4,9-10,12H2,1H3. The summed E-state index contributed by atoms with van der Waals surface area (Å²) in [4.78, 5) is 7.25. The van der Waals surface area contributed by atoms with Gasteiger partial charge in [0.2, 0.25) is 0 Å². The third-order valence-electron chi connectivity index (χ3n) is 5.57. The Hall–Kier alpha value is -1.74. The van der Waals surface area contributed by atoms with Crippen molar-refractivity contribution in [3.05, 3.63) is 59.1 Å². The summed E-state index contributed by atoms with van der Waals surface area (Å²) in [7, 11) is 0. The van der Waals surface area contributed by atoms with Crippen LogP contribution in [0.4, 0.5) is 0 Å². The number of allylic oxidation sites excluding steroid dienone is 1. The second-order valence-electron chi connectivity index (χ2n) is 6.99. The summed E-state index contributed by atoms with van der Waals surface area (Å²) in [5.41, 5.74) is 3.18. The number of amidine groups is 1. The van der Waals surface area contributed by atoms with Crippen LogP contribution < -0.4 is 0 Å². The Labute approximate surface area is 141 Å². The minimum absolute atomic E-state index is 0.207. The Balaban J connectivity index is 1.60. The second kappa shape index (κ2) is 4.88. The molecular formula is C20H20N2S.